The molecule has 2 aromatic carbocycles. The van der Waals surface area contributed by atoms with E-state index in [-0.39, 0.29) is 12.3 Å². The number of hydrogen-bond acceptors (Lipinski definition) is 4. The molecule has 0 saturated heterocycles. The van der Waals surface area contributed by atoms with E-state index in [4.69, 9.17) is 9.47 Å². The van der Waals surface area contributed by atoms with Crippen molar-refractivity contribution in [1.29, 1.82) is 0 Å². The molecule has 0 bridgehead atoms. The van der Waals surface area contributed by atoms with Crippen LogP contribution in [0, 0.1) is 5.41 Å². The lowest BCUT2D eigenvalue weighted by molar-refractivity contribution is -0.157. The third-order valence-corrected chi connectivity index (χ3v) is 4.79. The third kappa shape index (κ3) is 4.39. The molecule has 6 nitrogen and oxygen atoms in total. The SMILES string of the molecule is CCOc1ccc(Oc2ccccc2NC(=O)CC2(C(=O)O)CCC2)cc1. The molecule has 1 aliphatic rings. The predicted octanol–water partition coefficient (Wildman–Crippen LogP) is 4.46. The molecule has 1 fully saturated rings. The van der Waals surface area contributed by atoms with Crippen LogP contribution in [0.15, 0.2) is 48.5 Å². The summed E-state index contributed by atoms with van der Waals surface area (Å²) < 4.78 is 11.3. The van der Waals surface area contributed by atoms with E-state index in [0.29, 0.717) is 36.6 Å². The molecule has 142 valence electrons. The number of benzene rings is 2. The first-order valence-corrected chi connectivity index (χ1v) is 9.05. The van der Waals surface area contributed by atoms with Crippen molar-refractivity contribution in [2.45, 2.75) is 32.6 Å². The molecule has 0 spiro atoms. The number of hydrogen-bond donors (Lipinski definition) is 2. The molecule has 0 atom stereocenters. The normalized spacial score (nSPS) is 14.7. The molecule has 0 unspecified atom stereocenters. The Morgan fingerprint density at radius 2 is 1.74 bits per heavy atom. The number of rotatable bonds is 8. The zero-order valence-electron chi connectivity index (χ0n) is 15.2. The largest absolute Gasteiger partial charge is 0.494 e. The quantitative estimate of drug-likeness (QED) is 0.717. The van der Waals surface area contributed by atoms with E-state index in [2.05, 4.69) is 5.32 Å². The van der Waals surface area contributed by atoms with Gasteiger partial charge < -0.3 is 19.9 Å². The third-order valence-electron chi connectivity index (χ3n) is 4.79. The molecule has 0 aromatic heterocycles. The maximum atomic E-state index is 12.4. The molecular formula is C21H23NO5. The Kier molecular flexibility index (Phi) is 5.64. The first-order valence-electron chi connectivity index (χ1n) is 9.05. The van der Waals surface area contributed by atoms with E-state index in [9.17, 15) is 14.7 Å². The number of ether oxygens (including phenoxy) is 2. The van der Waals surface area contributed by atoms with E-state index in [1.165, 1.54) is 0 Å². The van der Waals surface area contributed by atoms with Crippen LogP contribution in [-0.4, -0.2) is 23.6 Å². The Morgan fingerprint density at radius 1 is 1.07 bits per heavy atom. The standard InChI is InChI=1S/C21H23NO5/c1-2-26-15-8-10-16(11-9-15)27-18-7-4-3-6-17(18)22-19(23)14-21(20(24)25)12-5-13-21/h3-4,6-11H,2,5,12-14H2,1H3,(H,22,23)(H,24,25). The fourth-order valence-corrected chi connectivity index (χ4v) is 3.13. The molecule has 3 rings (SSSR count). The predicted molar refractivity (Wildman–Crippen MR) is 101 cm³/mol. The van der Waals surface area contributed by atoms with Crippen molar-refractivity contribution in [2.24, 2.45) is 5.41 Å². The van der Waals surface area contributed by atoms with Crippen LogP contribution in [0.4, 0.5) is 5.69 Å². The van der Waals surface area contributed by atoms with Crippen molar-refractivity contribution >= 4 is 17.6 Å². The van der Waals surface area contributed by atoms with Crippen LogP contribution in [0.3, 0.4) is 0 Å². The first-order chi connectivity index (χ1) is 13.0. The second-order valence-electron chi connectivity index (χ2n) is 6.67. The van der Waals surface area contributed by atoms with Gasteiger partial charge in [0.1, 0.15) is 11.5 Å². The van der Waals surface area contributed by atoms with Gasteiger partial charge in [-0.15, -0.1) is 0 Å². The molecule has 0 aliphatic heterocycles. The number of nitrogens with one attached hydrogen (secondary N) is 1. The summed E-state index contributed by atoms with van der Waals surface area (Å²) in [7, 11) is 0. The Morgan fingerprint density at radius 3 is 2.33 bits per heavy atom. The van der Waals surface area contributed by atoms with Crippen LogP contribution < -0.4 is 14.8 Å². The van der Waals surface area contributed by atoms with Gasteiger partial charge in [0.25, 0.3) is 0 Å². The van der Waals surface area contributed by atoms with Gasteiger partial charge in [-0.3, -0.25) is 9.59 Å². The zero-order valence-corrected chi connectivity index (χ0v) is 15.2. The zero-order chi connectivity index (χ0) is 19.3. The van der Waals surface area contributed by atoms with E-state index in [1.807, 2.05) is 25.1 Å². The molecule has 2 N–H and O–H groups in total. The van der Waals surface area contributed by atoms with Crippen molar-refractivity contribution in [3.05, 3.63) is 48.5 Å². The van der Waals surface area contributed by atoms with Crippen molar-refractivity contribution < 1.29 is 24.2 Å². The number of amides is 1. The van der Waals surface area contributed by atoms with E-state index in [1.54, 1.807) is 30.3 Å². The second kappa shape index (κ2) is 8.12. The average Bonchev–Trinajstić information content (AvgIpc) is 2.61. The van der Waals surface area contributed by atoms with Crippen LogP contribution in [0.5, 0.6) is 17.2 Å². The number of carbonyl (C=O) groups excluding carboxylic acids is 1. The first kappa shape index (κ1) is 18.8. The number of carbonyl (C=O) groups is 2. The highest BCUT2D eigenvalue weighted by molar-refractivity contribution is 5.95. The Labute approximate surface area is 158 Å². The van der Waals surface area contributed by atoms with Gasteiger partial charge in [-0.05, 0) is 56.2 Å². The molecule has 6 heteroatoms. The molecule has 0 radical (unpaired) electrons. The van der Waals surface area contributed by atoms with Crippen LogP contribution >= 0.6 is 0 Å². The maximum absolute atomic E-state index is 12.4. The Balaban J connectivity index is 1.68. The van der Waals surface area contributed by atoms with Gasteiger partial charge >= 0.3 is 5.97 Å². The van der Waals surface area contributed by atoms with Crippen LogP contribution in [-0.2, 0) is 9.59 Å². The minimum atomic E-state index is -0.922. The number of aliphatic carboxylic acids is 1. The van der Waals surface area contributed by atoms with Crippen molar-refractivity contribution in [2.75, 3.05) is 11.9 Å². The summed E-state index contributed by atoms with van der Waals surface area (Å²) in [4.78, 5) is 23.9. The molecular weight excluding hydrogens is 346 g/mol. The van der Waals surface area contributed by atoms with Crippen molar-refractivity contribution in [1.82, 2.24) is 0 Å². The summed E-state index contributed by atoms with van der Waals surface area (Å²) in [6.07, 6.45) is 1.90. The smallest absolute Gasteiger partial charge is 0.310 e. The summed E-state index contributed by atoms with van der Waals surface area (Å²) in [5.41, 5.74) is -0.411. The van der Waals surface area contributed by atoms with Gasteiger partial charge in [-0.1, -0.05) is 18.6 Å². The van der Waals surface area contributed by atoms with Gasteiger partial charge in [0.05, 0.1) is 17.7 Å². The van der Waals surface area contributed by atoms with Crippen molar-refractivity contribution in [3.8, 4) is 17.2 Å². The lowest BCUT2D eigenvalue weighted by atomic mass is 9.66. The molecule has 1 amide bonds. The number of carboxylic acids is 1. The summed E-state index contributed by atoms with van der Waals surface area (Å²) >= 11 is 0. The van der Waals surface area contributed by atoms with E-state index >= 15 is 0 Å². The molecule has 0 heterocycles. The van der Waals surface area contributed by atoms with Gasteiger partial charge in [0.15, 0.2) is 5.75 Å². The summed E-state index contributed by atoms with van der Waals surface area (Å²) in [5, 5.41) is 12.2. The fourth-order valence-electron chi connectivity index (χ4n) is 3.13. The lowest BCUT2D eigenvalue weighted by Gasteiger charge is -2.36. The number of carboxylic acid groups (broad SMARTS) is 1. The van der Waals surface area contributed by atoms with E-state index in [0.717, 1.165) is 12.2 Å². The van der Waals surface area contributed by atoms with Crippen LogP contribution in [0.25, 0.3) is 0 Å². The maximum Gasteiger partial charge on any atom is 0.310 e. The minimum Gasteiger partial charge on any atom is -0.494 e. The molecule has 1 saturated carbocycles. The highest BCUT2D eigenvalue weighted by Crippen LogP contribution is 2.44. The minimum absolute atomic E-state index is 0.0281. The van der Waals surface area contributed by atoms with Gasteiger partial charge in [-0.2, -0.15) is 0 Å². The summed E-state index contributed by atoms with van der Waals surface area (Å²) in [6.45, 7) is 2.51. The Hall–Kier alpha value is -3.02. The van der Waals surface area contributed by atoms with Crippen LogP contribution in [0.1, 0.15) is 32.6 Å². The topological polar surface area (TPSA) is 84.9 Å². The Bertz CT molecular complexity index is 812. The molecule has 2 aromatic rings. The molecule has 27 heavy (non-hydrogen) atoms. The monoisotopic (exact) mass is 369 g/mol. The molecule has 1 aliphatic carbocycles. The highest BCUT2D eigenvalue weighted by atomic mass is 16.5. The van der Waals surface area contributed by atoms with Gasteiger partial charge in [0.2, 0.25) is 5.91 Å². The van der Waals surface area contributed by atoms with E-state index < -0.39 is 11.4 Å². The van der Waals surface area contributed by atoms with Gasteiger partial charge in [0, 0.05) is 6.42 Å². The highest BCUT2D eigenvalue weighted by Gasteiger charge is 2.45. The summed E-state index contributed by atoms with van der Waals surface area (Å²) in [6, 6.07) is 14.3. The summed E-state index contributed by atoms with van der Waals surface area (Å²) in [5.74, 6) is 0.641. The number of anilines is 1. The lowest BCUT2D eigenvalue weighted by Crippen LogP contribution is -2.41. The van der Waals surface area contributed by atoms with Crippen molar-refractivity contribution in [3.63, 3.8) is 0 Å². The average molecular weight is 369 g/mol. The number of para-hydroxylation sites is 2. The van der Waals surface area contributed by atoms with Gasteiger partial charge in [-0.25, -0.2) is 0 Å². The van der Waals surface area contributed by atoms with Crippen LogP contribution in [0.2, 0.25) is 0 Å². The fraction of sp³-hybridized carbons (Fsp3) is 0.333. The second-order valence-corrected chi connectivity index (χ2v) is 6.67.